The van der Waals surface area contributed by atoms with Crippen LogP contribution in [0.4, 0.5) is 9.52 Å². The number of benzene rings is 4. The fourth-order valence-corrected chi connectivity index (χ4v) is 7.10. The van der Waals surface area contributed by atoms with Crippen LogP contribution in [-0.2, 0) is 21.9 Å². The van der Waals surface area contributed by atoms with Gasteiger partial charge in [-0.05, 0) is 71.6 Å². The number of ether oxygens (including phenoxy) is 1. The molecule has 1 aliphatic heterocycles. The third-order valence-electron chi connectivity index (χ3n) is 7.40. The van der Waals surface area contributed by atoms with E-state index in [0.29, 0.717) is 39.1 Å². The summed E-state index contributed by atoms with van der Waals surface area (Å²) in [5.41, 5.74) is 3.24. The van der Waals surface area contributed by atoms with Crippen LogP contribution in [0.1, 0.15) is 33.9 Å². The molecule has 0 saturated carbocycles. The van der Waals surface area contributed by atoms with Gasteiger partial charge in [-0.25, -0.2) is 4.39 Å². The molecular formula is C34H24Cl2FN3O4S2. The van der Waals surface area contributed by atoms with Gasteiger partial charge in [-0.15, -0.1) is 10.2 Å². The number of Topliss-reactive ketones (excluding diaryl/α,β-unsaturated/α-hetero) is 1. The molecule has 1 aromatic heterocycles. The summed E-state index contributed by atoms with van der Waals surface area (Å²) < 4.78 is 20.5. The van der Waals surface area contributed by atoms with E-state index in [4.69, 9.17) is 27.9 Å². The van der Waals surface area contributed by atoms with Crippen molar-refractivity contribution in [1.29, 1.82) is 0 Å². The average molecular weight is 693 g/mol. The summed E-state index contributed by atoms with van der Waals surface area (Å²) in [6.07, 6.45) is 0. The second-order valence-corrected chi connectivity index (χ2v) is 13.3. The molecule has 1 unspecified atom stereocenters. The van der Waals surface area contributed by atoms with Gasteiger partial charge >= 0.3 is 5.91 Å². The van der Waals surface area contributed by atoms with E-state index in [-0.39, 0.29) is 32.3 Å². The summed E-state index contributed by atoms with van der Waals surface area (Å²) in [6.45, 7) is 2.37. The van der Waals surface area contributed by atoms with Crippen LogP contribution in [0.2, 0.25) is 10.0 Å². The Hall–Kier alpha value is -4.22. The largest absolute Gasteiger partial charge is 0.507 e. The molecule has 1 saturated heterocycles. The second-order valence-electron chi connectivity index (χ2n) is 10.3. The number of amides is 1. The predicted molar refractivity (Wildman–Crippen MR) is 179 cm³/mol. The summed E-state index contributed by atoms with van der Waals surface area (Å²) >= 11 is 14.9. The average Bonchev–Trinajstić information content (AvgIpc) is 3.63. The molecule has 0 aliphatic carbocycles. The lowest BCUT2D eigenvalue weighted by Crippen LogP contribution is -2.29. The van der Waals surface area contributed by atoms with E-state index in [2.05, 4.69) is 10.2 Å². The quantitative estimate of drug-likeness (QED) is 0.0543. The van der Waals surface area contributed by atoms with Crippen molar-refractivity contribution in [2.45, 2.75) is 29.7 Å². The van der Waals surface area contributed by atoms with Crippen molar-refractivity contribution in [2.75, 3.05) is 4.90 Å². The molecule has 0 radical (unpaired) electrons. The number of nitrogens with zero attached hydrogens (tertiary/aromatic N) is 3. The molecular weight excluding hydrogens is 668 g/mol. The SMILES string of the molecule is Cc1ccccc1COc1ccc(/C(O)=C2\C(=O)C(=O)N(c3nnc(SCc4ccccc4F)s3)C2c2ccc(Cl)c(Cl)c2)cc1. The molecule has 1 fully saturated rings. The number of aliphatic hydroxyl groups is 1. The third-order valence-corrected chi connectivity index (χ3v) is 10.2. The topological polar surface area (TPSA) is 92.6 Å². The molecule has 1 amide bonds. The number of hydrogen-bond acceptors (Lipinski definition) is 8. The van der Waals surface area contributed by atoms with Crippen molar-refractivity contribution >= 4 is 68.9 Å². The highest BCUT2D eigenvalue weighted by Crippen LogP contribution is 2.45. The van der Waals surface area contributed by atoms with E-state index in [1.165, 1.54) is 28.8 Å². The maximum Gasteiger partial charge on any atom is 0.301 e. The Morgan fingerprint density at radius 3 is 2.39 bits per heavy atom. The van der Waals surface area contributed by atoms with E-state index >= 15 is 0 Å². The molecule has 232 valence electrons. The van der Waals surface area contributed by atoms with Gasteiger partial charge in [0.25, 0.3) is 5.78 Å². The fraction of sp³-hybridized carbons (Fsp3) is 0.118. The highest BCUT2D eigenvalue weighted by atomic mass is 35.5. The molecule has 46 heavy (non-hydrogen) atoms. The first-order valence-corrected chi connectivity index (χ1v) is 16.5. The normalized spacial score (nSPS) is 15.8. The van der Waals surface area contributed by atoms with E-state index in [9.17, 15) is 19.1 Å². The van der Waals surface area contributed by atoms with Gasteiger partial charge in [0.2, 0.25) is 5.13 Å². The first kappa shape index (κ1) is 31.7. The Kier molecular flexibility index (Phi) is 9.42. The smallest absolute Gasteiger partial charge is 0.301 e. The van der Waals surface area contributed by atoms with Gasteiger partial charge in [0.15, 0.2) is 4.34 Å². The van der Waals surface area contributed by atoms with Crippen LogP contribution in [0, 0.1) is 12.7 Å². The zero-order chi connectivity index (χ0) is 32.4. The van der Waals surface area contributed by atoms with Gasteiger partial charge in [0.05, 0.1) is 21.7 Å². The second kappa shape index (κ2) is 13.6. The number of aromatic nitrogens is 2. The molecule has 1 aliphatic rings. The van der Waals surface area contributed by atoms with Crippen LogP contribution < -0.4 is 9.64 Å². The molecule has 1 atom stereocenters. The molecule has 4 aromatic carbocycles. The zero-order valence-electron chi connectivity index (χ0n) is 24.1. The number of carbonyl (C=O) groups excluding carboxylic acids is 2. The molecule has 12 heteroatoms. The highest BCUT2D eigenvalue weighted by Gasteiger charge is 2.48. The first-order valence-electron chi connectivity index (χ1n) is 13.9. The minimum absolute atomic E-state index is 0.133. The molecule has 0 spiro atoms. The summed E-state index contributed by atoms with van der Waals surface area (Å²) in [7, 11) is 0. The van der Waals surface area contributed by atoms with E-state index < -0.39 is 17.7 Å². The summed E-state index contributed by atoms with van der Waals surface area (Å²) in [5.74, 6) is -1.64. The lowest BCUT2D eigenvalue weighted by Gasteiger charge is -2.23. The third kappa shape index (κ3) is 6.52. The molecule has 5 aromatic rings. The van der Waals surface area contributed by atoms with Gasteiger partial charge < -0.3 is 9.84 Å². The van der Waals surface area contributed by atoms with E-state index in [1.54, 1.807) is 54.6 Å². The monoisotopic (exact) mass is 691 g/mol. The van der Waals surface area contributed by atoms with Gasteiger partial charge in [-0.3, -0.25) is 14.5 Å². The van der Waals surface area contributed by atoms with Crippen LogP contribution in [0.15, 0.2) is 101 Å². The Balaban J connectivity index is 1.32. The van der Waals surface area contributed by atoms with Crippen molar-refractivity contribution in [3.8, 4) is 5.75 Å². The number of aryl methyl sites for hydroxylation is 1. The number of rotatable bonds is 9. The lowest BCUT2D eigenvalue weighted by molar-refractivity contribution is -0.132. The Morgan fingerprint density at radius 1 is 0.957 bits per heavy atom. The summed E-state index contributed by atoms with van der Waals surface area (Å²) in [4.78, 5) is 28.3. The maximum absolute atomic E-state index is 14.1. The Labute approximate surface area is 282 Å². The van der Waals surface area contributed by atoms with Crippen molar-refractivity contribution < 1.29 is 23.8 Å². The van der Waals surface area contributed by atoms with Crippen LogP contribution in [0.25, 0.3) is 5.76 Å². The Morgan fingerprint density at radius 2 is 1.67 bits per heavy atom. The van der Waals surface area contributed by atoms with Gasteiger partial charge in [-0.1, -0.05) is 94.8 Å². The number of halogens is 3. The minimum atomic E-state index is -1.08. The fourth-order valence-electron chi connectivity index (χ4n) is 4.94. The number of carbonyl (C=O) groups is 2. The van der Waals surface area contributed by atoms with Crippen LogP contribution in [0.3, 0.4) is 0 Å². The molecule has 2 heterocycles. The predicted octanol–water partition coefficient (Wildman–Crippen LogP) is 8.79. The molecule has 0 bridgehead atoms. The summed E-state index contributed by atoms with van der Waals surface area (Å²) in [6, 6.07) is 24.5. The number of thioether (sulfide) groups is 1. The van der Waals surface area contributed by atoms with Crippen molar-refractivity contribution in [1.82, 2.24) is 10.2 Å². The van der Waals surface area contributed by atoms with E-state index in [1.807, 2.05) is 31.2 Å². The van der Waals surface area contributed by atoms with Crippen LogP contribution in [-0.4, -0.2) is 27.0 Å². The minimum Gasteiger partial charge on any atom is -0.507 e. The zero-order valence-corrected chi connectivity index (χ0v) is 27.3. The van der Waals surface area contributed by atoms with Crippen molar-refractivity contribution in [3.05, 3.63) is 140 Å². The van der Waals surface area contributed by atoms with Gasteiger partial charge in [-0.2, -0.15) is 0 Å². The number of anilines is 1. The molecule has 7 nitrogen and oxygen atoms in total. The number of aliphatic hydroxyl groups excluding tert-OH is 1. The molecule has 1 N–H and O–H groups in total. The maximum atomic E-state index is 14.1. The number of ketones is 1. The van der Waals surface area contributed by atoms with Crippen LogP contribution >= 0.6 is 46.3 Å². The van der Waals surface area contributed by atoms with Gasteiger partial charge in [0, 0.05) is 11.3 Å². The van der Waals surface area contributed by atoms with E-state index in [0.717, 1.165) is 22.5 Å². The van der Waals surface area contributed by atoms with Crippen molar-refractivity contribution in [3.63, 3.8) is 0 Å². The first-order chi connectivity index (χ1) is 22.2. The molecule has 6 rings (SSSR count). The number of hydrogen-bond donors (Lipinski definition) is 1. The van der Waals surface area contributed by atoms with Crippen LogP contribution in [0.5, 0.6) is 5.75 Å². The standard InChI is InChI=1S/C34H24Cl2FN3O4S2/c1-19-6-2-3-7-22(19)17-44-24-13-10-20(11-14-24)30(41)28-29(21-12-15-25(35)26(36)16-21)40(32(43)31(28)42)33-38-39-34(46-33)45-18-23-8-4-5-9-27(23)37/h2-16,29,41H,17-18H2,1H3/b30-28+. The van der Waals surface area contributed by atoms with Crippen molar-refractivity contribution in [2.24, 2.45) is 0 Å². The lowest BCUT2D eigenvalue weighted by atomic mass is 9.95. The summed E-state index contributed by atoms with van der Waals surface area (Å²) in [5, 5.41) is 20.5. The highest BCUT2D eigenvalue weighted by molar-refractivity contribution is 8.00. The Bertz CT molecular complexity index is 1980. The van der Waals surface area contributed by atoms with Gasteiger partial charge in [0.1, 0.15) is 23.9 Å².